The second-order valence-corrected chi connectivity index (χ2v) is 4.14. The summed E-state index contributed by atoms with van der Waals surface area (Å²) in [4.78, 5) is 0. The number of hydrogen-bond donors (Lipinski definition) is 1. The van der Waals surface area contributed by atoms with Crippen molar-refractivity contribution in [1.29, 1.82) is 0 Å². The first-order valence-corrected chi connectivity index (χ1v) is 5.56. The molecule has 0 spiro atoms. The van der Waals surface area contributed by atoms with Gasteiger partial charge in [-0.2, -0.15) is 0 Å². The second kappa shape index (κ2) is 5.23. The van der Waals surface area contributed by atoms with Crippen molar-refractivity contribution >= 4 is 17.3 Å². The first kappa shape index (κ1) is 12.6. The normalized spacial score (nSPS) is 10.4. The maximum atomic E-state index is 13.4. The van der Waals surface area contributed by atoms with Crippen LogP contribution >= 0.6 is 11.6 Å². The topological polar surface area (TPSA) is 35.2 Å². The number of ether oxygens (including phenoxy) is 1. The van der Waals surface area contributed by atoms with Crippen molar-refractivity contribution in [2.24, 2.45) is 0 Å². The van der Waals surface area contributed by atoms with E-state index in [-0.39, 0.29) is 17.9 Å². The van der Waals surface area contributed by atoms with Crippen molar-refractivity contribution < 1.29 is 13.5 Å². The summed E-state index contributed by atoms with van der Waals surface area (Å²) >= 11 is 5.75. The summed E-state index contributed by atoms with van der Waals surface area (Å²) < 4.78 is 31.7. The van der Waals surface area contributed by atoms with Gasteiger partial charge < -0.3 is 10.5 Å². The average Bonchev–Trinajstić information content (AvgIpc) is 2.34. The van der Waals surface area contributed by atoms with E-state index in [0.29, 0.717) is 10.7 Å². The van der Waals surface area contributed by atoms with Crippen LogP contribution in [0.2, 0.25) is 5.02 Å². The summed E-state index contributed by atoms with van der Waals surface area (Å²) in [5.41, 5.74) is 6.18. The Hall–Kier alpha value is -1.81. The molecule has 0 saturated carbocycles. The SMILES string of the molecule is Nc1ccc(F)cc1OCc1cc(Cl)ccc1F. The lowest BCUT2D eigenvalue weighted by Gasteiger charge is -2.09. The van der Waals surface area contributed by atoms with Gasteiger partial charge >= 0.3 is 0 Å². The van der Waals surface area contributed by atoms with Crippen molar-refractivity contribution in [2.45, 2.75) is 6.61 Å². The number of nitrogen functional groups attached to an aromatic ring is 1. The molecule has 0 aliphatic rings. The summed E-state index contributed by atoms with van der Waals surface area (Å²) in [5, 5.41) is 0.405. The van der Waals surface area contributed by atoms with Crippen LogP contribution in [0.25, 0.3) is 0 Å². The Morgan fingerprint density at radius 1 is 1.11 bits per heavy atom. The van der Waals surface area contributed by atoms with Gasteiger partial charge in [-0.15, -0.1) is 0 Å². The maximum absolute atomic E-state index is 13.4. The molecular formula is C13H10ClF2NO. The van der Waals surface area contributed by atoms with Crippen LogP contribution in [0.4, 0.5) is 14.5 Å². The minimum Gasteiger partial charge on any atom is -0.487 e. The van der Waals surface area contributed by atoms with E-state index in [4.69, 9.17) is 22.1 Å². The van der Waals surface area contributed by atoms with E-state index in [1.165, 1.54) is 30.3 Å². The largest absolute Gasteiger partial charge is 0.487 e. The first-order valence-electron chi connectivity index (χ1n) is 5.18. The lowest BCUT2D eigenvalue weighted by atomic mass is 10.2. The van der Waals surface area contributed by atoms with E-state index in [2.05, 4.69) is 0 Å². The van der Waals surface area contributed by atoms with Crippen LogP contribution in [0.15, 0.2) is 36.4 Å². The quantitative estimate of drug-likeness (QED) is 0.861. The zero-order valence-electron chi connectivity index (χ0n) is 9.29. The molecule has 5 heteroatoms. The van der Waals surface area contributed by atoms with E-state index in [0.717, 1.165) is 6.07 Å². The van der Waals surface area contributed by atoms with Crippen molar-refractivity contribution in [3.8, 4) is 5.75 Å². The van der Waals surface area contributed by atoms with Gasteiger partial charge in [-0.25, -0.2) is 8.78 Å². The molecule has 0 amide bonds. The lowest BCUT2D eigenvalue weighted by Crippen LogP contribution is -2.01. The molecule has 0 aliphatic carbocycles. The highest BCUT2D eigenvalue weighted by Crippen LogP contribution is 2.24. The fourth-order valence-electron chi connectivity index (χ4n) is 1.44. The van der Waals surface area contributed by atoms with Crippen molar-refractivity contribution in [2.75, 3.05) is 5.73 Å². The molecule has 18 heavy (non-hydrogen) atoms. The highest BCUT2D eigenvalue weighted by molar-refractivity contribution is 6.30. The van der Waals surface area contributed by atoms with Crippen molar-refractivity contribution in [3.05, 3.63) is 58.6 Å². The van der Waals surface area contributed by atoms with Gasteiger partial charge in [0, 0.05) is 16.7 Å². The summed E-state index contributed by atoms with van der Waals surface area (Å²) in [7, 11) is 0. The number of hydrogen-bond acceptors (Lipinski definition) is 2. The molecule has 2 aromatic carbocycles. The molecule has 0 atom stereocenters. The predicted octanol–water partition coefficient (Wildman–Crippen LogP) is 3.78. The Bertz CT molecular complexity index is 523. The Balaban J connectivity index is 2.16. The van der Waals surface area contributed by atoms with Crippen LogP contribution < -0.4 is 10.5 Å². The summed E-state index contributed by atoms with van der Waals surface area (Å²) in [6.07, 6.45) is 0. The van der Waals surface area contributed by atoms with Crippen LogP contribution in [0, 0.1) is 11.6 Å². The number of rotatable bonds is 3. The molecule has 0 aliphatic heterocycles. The molecular weight excluding hydrogens is 260 g/mol. The number of anilines is 1. The smallest absolute Gasteiger partial charge is 0.145 e. The third kappa shape index (κ3) is 2.90. The second-order valence-electron chi connectivity index (χ2n) is 3.71. The molecule has 2 aromatic rings. The number of halogens is 3. The molecule has 0 fully saturated rings. The fourth-order valence-corrected chi connectivity index (χ4v) is 1.64. The van der Waals surface area contributed by atoms with Gasteiger partial charge in [0.2, 0.25) is 0 Å². The predicted molar refractivity (Wildman–Crippen MR) is 66.6 cm³/mol. The summed E-state index contributed by atoms with van der Waals surface area (Å²) in [5.74, 6) is -0.727. The molecule has 2 nitrogen and oxygen atoms in total. The number of nitrogens with two attached hydrogens (primary N) is 1. The Labute approximate surface area is 108 Å². The van der Waals surface area contributed by atoms with Crippen molar-refractivity contribution in [1.82, 2.24) is 0 Å². The van der Waals surface area contributed by atoms with Crippen LogP contribution in [-0.4, -0.2) is 0 Å². The van der Waals surface area contributed by atoms with Gasteiger partial charge in [-0.3, -0.25) is 0 Å². The lowest BCUT2D eigenvalue weighted by molar-refractivity contribution is 0.300. The monoisotopic (exact) mass is 269 g/mol. The minimum absolute atomic E-state index is 0.0694. The van der Waals surface area contributed by atoms with Gasteiger partial charge in [0.05, 0.1) is 5.69 Å². The van der Waals surface area contributed by atoms with E-state index < -0.39 is 11.6 Å². The third-order valence-corrected chi connectivity index (χ3v) is 2.60. The molecule has 0 bridgehead atoms. The Morgan fingerprint density at radius 3 is 2.67 bits per heavy atom. The Kier molecular flexibility index (Phi) is 3.67. The average molecular weight is 270 g/mol. The molecule has 0 unspecified atom stereocenters. The van der Waals surface area contributed by atoms with E-state index >= 15 is 0 Å². The standard InChI is InChI=1S/C13H10ClF2NO/c14-9-1-3-11(16)8(5-9)7-18-13-6-10(15)2-4-12(13)17/h1-6H,7,17H2. The zero-order valence-corrected chi connectivity index (χ0v) is 10.0. The molecule has 2 N–H and O–H groups in total. The molecule has 0 saturated heterocycles. The van der Waals surface area contributed by atoms with Crippen LogP contribution in [0.5, 0.6) is 5.75 Å². The minimum atomic E-state index is -0.467. The van der Waals surface area contributed by atoms with Gasteiger partial charge in [-0.1, -0.05) is 11.6 Å². The number of benzene rings is 2. The molecule has 0 aromatic heterocycles. The zero-order chi connectivity index (χ0) is 13.1. The van der Waals surface area contributed by atoms with Crippen LogP contribution in [0.1, 0.15) is 5.56 Å². The van der Waals surface area contributed by atoms with Gasteiger partial charge in [0.15, 0.2) is 0 Å². The van der Waals surface area contributed by atoms with E-state index in [1.54, 1.807) is 0 Å². The molecule has 94 valence electrons. The molecule has 0 heterocycles. The highest BCUT2D eigenvalue weighted by Gasteiger charge is 2.06. The summed E-state index contributed by atoms with van der Waals surface area (Å²) in [6, 6.07) is 7.90. The molecule has 0 radical (unpaired) electrons. The van der Waals surface area contributed by atoms with Crippen LogP contribution in [0.3, 0.4) is 0 Å². The Morgan fingerprint density at radius 2 is 1.89 bits per heavy atom. The van der Waals surface area contributed by atoms with E-state index in [9.17, 15) is 8.78 Å². The van der Waals surface area contributed by atoms with E-state index in [1.807, 2.05) is 0 Å². The van der Waals surface area contributed by atoms with Gasteiger partial charge in [-0.05, 0) is 30.3 Å². The summed E-state index contributed by atoms with van der Waals surface area (Å²) in [6.45, 7) is -0.0694. The first-order chi connectivity index (χ1) is 8.56. The van der Waals surface area contributed by atoms with Crippen LogP contribution in [-0.2, 0) is 6.61 Å². The molecule has 2 rings (SSSR count). The maximum Gasteiger partial charge on any atom is 0.145 e. The van der Waals surface area contributed by atoms with Gasteiger partial charge in [0.1, 0.15) is 24.0 Å². The third-order valence-electron chi connectivity index (χ3n) is 2.37. The van der Waals surface area contributed by atoms with Gasteiger partial charge in [0.25, 0.3) is 0 Å². The fraction of sp³-hybridized carbons (Fsp3) is 0.0769. The highest BCUT2D eigenvalue weighted by atomic mass is 35.5. The van der Waals surface area contributed by atoms with Crippen molar-refractivity contribution in [3.63, 3.8) is 0 Å².